The SMILES string of the molecule is CC(C)C(CNC(C)(C)C)N1CCSC(C)C1C. The Morgan fingerprint density at radius 3 is 2.39 bits per heavy atom. The maximum Gasteiger partial charge on any atom is 0.0247 e. The molecule has 1 aliphatic heterocycles. The van der Waals surface area contributed by atoms with Crippen LogP contribution in [0.1, 0.15) is 48.5 Å². The van der Waals surface area contributed by atoms with E-state index >= 15 is 0 Å². The molecule has 1 aliphatic rings. The lowest BCUT2D eigenvalue weighted by molar-refractivity contribution is 0.105. The van der Waals surface area contributed by atoms with E-state index in [0.29, 0.717) is 18.0 Å². The van der Waals surface area contributed by atoms with Gasteiger partial charge in [-0.25, -0.2) is 0 Å². The molecule has 18 heavy (non-hydrogen) atoms. The van der Waals surface area contributed by atoms with Crippen molar-refractivity contribution < 1.29 is 0 Å². The molecule has 0 aromatic rings. The van der Waals surface area contributed by atoms with Crippen LogP contribution in [0.3, 0.4) is 0 Å². The fourth-order valence-electron chi connectivity index (χ4n) is 2.57. The summed E-state index contributed by atoms with van der Waals surface area (Å²) in [6.45, 7) is 18.6. The van der Waals surface area contributed by atoms with E-state index in [1.807, 2.05) is 0 Å². The summed E-state index contributed by atoms with van der Waals surface area (Å²) in [6.07, 6.45) is 0. The minimum absolute atomic E-state index is 0.215. The van der Waals surface area contributed by atoms with Crippen molar-refractivity contribution in [3.63, 3.8) is 0 Å². The predicted octanol–water partition coefficient (Wildman–Crippen LogP) is 3.22. The molecule has 0 saturated carbocycles. The molecule has 3 unspecified atom stereocenters. The van der Waals surface area contributed by atoms with Crippen LogP contribution in [0, 0.1) is 5.92 Å². The summed E-state index contributed by atoms with van der Waals surface area (Å²) in [4.78, 5) is 2.73. The second-order valence-corrected chi connectivity index (χ2v) is 8.48. The largest absolute Gasteiger partial charge is 0.311 e. The van der Waals surface area contributed by atoms with Gasteiger partial charge >= 0.3 is 0 Å². The second-order valence-electron chi connectivity index (χ2n) is 7.00. The van der Waals surface area contributed by atoms with Gasteiger partial charge in [-0.1, -0.05) is 20.8 Å². The summed E-state index contributed by atoms with van der Waals surface area (Å²) >= 11 is 2.12. The number of rotatable bonds is 4. The quantitative estimate of drug-likeness (QED) is 0.846. The van der Waals surface area contributed by atoms with Crippen LogP contribution < -0.4 is 5.32 Å². The monoisotopic (exact) mass is 272 g/mol. The van der Waals surface area contributed by atoms with Gasteiger partial charge in [0.05, 0.1) is 0 Å². The van der Waals surface area contributed by atoms with Gasteiger partial charge in [-0.2, -0.15) is 11.8 Å². The van der Waals surface area contributed by atoms with Gasteiger partial charge in [0, 0.05) is 41.7 Å². The first-order valence-corrected chi connectivity index (χ1v) is 8.39. The van der Waals surface area contributed by atoms with E-state index in [1.165, 1.54) is 12.3 Å². The number of hydrogen-bond acceptors (Lipinski definition) is 3. The van der Waals surface area contributed by atoms with Crippen LogP contribution in [0.5, 0.6) is 0 Å². The van der Waals surface area contributed by atoms with Crippen LogP contribution in [-0.4, -0.2) is 46.6 Å². The number of nitrogens with zero attached hydrogens (tertiary/aromatic N) is 1. The van der Waals surface area contributed by atoms with Crippen LogP contribution >= 0.6 is 11.8 Å². The summed E-state index contributed by atoms with van der Waals surface area (Å²) in [5.74, 6) is 1.99. The highest BCUT2D eigenvalue weighted by atomic mass is 32.2. The van der Waals surface area contributed by atoms with Gasteiger partial charge in [0.15, 0.2) is 0 Å². The van der Waals surface area contributed by atoms with E-state index in [4.69, 9.17) is 0 Å². The average Bonchev–Trinajstić information content (AvgIpc) is 2.22. The van der Waals surface area contributed by atoms with Gasteiger partial charge in [-0.3, -0.25) is 4.90 Å². The van der Waals surface area contributed by atoms with Crippen molar-refractivity contribution >= 4 is 11.8 Å². The fourth-order valence-corrected chi connectivity index (χ4v) is 3.69. The zero-order valence-corrected chi connectivity index (χ0v) is 14.1. The molecule has 3 atom stereocenters. The molecule has 2 nitrogen and oxygen atoms in total. The highest BCUT2D eigenvalue weighted by molar-refractivity contribution is 8.00. The molecule has 1 N–H and O–H groups in total. The number of nitrogens with one attached hydrogen (secondary N) is 1. The summed E-state index contributed by atoms with van der Waals surface area (Å²) in [5, 5.41) is 4.45. The third-order valence-electron chi connectivity index (χ3n) is 3.97. The van der Waals surface area contributed by atoms with Crippen LogP contribution in [0.2, 0.25) is 0 Å². The molecule has 1 rings (SSSR count). The second kappa shape index (κ2) is 6.62. The summed E-state index contributed by atoms with van der Waals surface area (Å²) in [5.41, 5.74) is 0.215. The Hall–Kier alpha value is 0.270. The third kappa shape index (κ3) is 4.75. The van der Waals surface area contributed by atoms with Crippen LogP contribution in [0.4, 0.5) is 0 Å². The summed E-state index contributed by atoms with van der Waals surface area (Å²) in [6, 6.07) is 1.35. The van der Waals surface area contributed by atoms with Crippen molar-refractivity contribution in [1.29, 1.82) is 0 Å². The Morgan fingerprint density at radius 2 is 1.89 bits per heavy atom. The molecule has 1 saturated heterocycles. The Kier molecular flexibility index (Phi) is 6.01. The van der Waals surface area contributed by atoms with Gasteiger partial charge < -0.3 is 5.32 Å². The first kappa shape index (κ1) is 16.3. The van der Waals surface area contributed by atoms with E-state index in [1.54, 1.807) is 0 Å². The smallest absolute Gasteiger partial charge is 0.0247 e. The zero-order chi connectivity index (χ0) is 13.9. The third-order valence-corrected chi connectivity index (χ3v) is 5.31. The summed E-state index contributed by atoms with van der Waals surface area (Å²) < 4.78 is 0. The van der Waals surface area contributed by atoms with E-state index < -0.39 is 0 Å². The van der Waals surface area contributed by atoms with Crippen molar-refractivity contribution in [2.45, 2.75) is 71.3 Å². The molecule has 0 bridgehead atoms. The number of thioether (sulfide) groups is 1. The van der Waals surface area contributed by atoms with Crippen molar-refractivity contribution in [3.8, 4) is 0 Å². The minimum Gasteiger partial charge on any atom is -0.311 e. The van der Waals surface area contributed by atoms with Crippen molar-refractivity contribution in [2.24, 2.45) is 5.92 Å². The van der Waals surface area contributed by atoms with Gasteiger partial charge in [-0.15, -0.1) is 0 Å². The highest BCUT2D eigenvalue weighted by Crippen LogP contribution is 2.27. The molecular formula is C15H32N2S. The normalized spacial score (nSPS) is 28.7. The maximum absolute atomic E-state index is 3.69. The first-order chi connectivity index (χ1) is 8.22. The van der Waals surface area contributed by atoms with Crippen molar-refractivity contribution in [1.82, 2.24) is 10.2 Å². The predicted molar refractivity (Wildman–Crippen MR) is 84.5 cm³/mol. The Morgan fingerprint density at radius 1 is 1.28 bits per heavy atom. The van der Waals surface area contributed by atoms with Crippen molar-refractivity contribution in [3.05, 3.63) is 0 Å². The molecule has 1 fully saturated rings. The minimum atomic E-state index is 0.215. The Labute approximate surface area is 118 Å². The fraction of sp³-hybridized carbons (Fsp3) is 1.00. The highest BCUT2D eigenvalue weighted by Gasteiger charge is 2.32. The van der Waals surface area contributed by atoms with Gasteiger partial charge in [-0.05, 0) is 33.6 Å². The van der Waals surface area contributed by atoms with Gasteiger partial charge in [0.2, 0.25) is 0 Å². The average molecular weight is 273 g/mol. The molecule has 108 valence electrons. The van der Waals surface area contributed by atoms with E-state index in [2.05, 4.69) is 70.4 Å². The molecular weight excluding hydrogens is 240 g/mol. The molecule has 3 heteroatoms. The van der Waals surface area contributed by atoms with Gasteiger partial charge in [0.1, 0.15) is 0 Å². The van der Waals surface area contributed by atoms with Gasteiger partial charge in [0.25, 0.3) is 0 Å². The molecule has 0 aromatic heterocycles. The lowest BCUT2D eigenvalue weighted by Crippen LogP contribution is -2.56. The standard InChI is InChI=1S/C15H32N2S/c1-11(2)14(10-16-15(5,6)7)17-8-9-18-13(4)12(17)3/h11-14,16H,8-10H2,1-7H3. The molecule has 1 heterocycles. The van der Waals surface area contributed by atoms with Crippen molar-refractivity contribution in [2.75, 3.05) is 18.8 Å². The lowest BCUT2D eigenvalue weighted by atomic mass is 9.98. The molecule has 0 aromatic carbocycles. The summed E-state index contributed by atoms with van der Waals surface area (Å²) in [7, 11) is 0. The molecule has 0 radical (unpaired) electrons. The Balaban J connectivity index is 2.66. The molecule has 0 amide bonds. The Bertz CT molecular complexity index is 247. The topological polar surface area (TPSA) is 15.3 Å². The zero-order valence-electron chi connectivity index (χ0n) is 13.3. The lowest BCUT2D eigenvalue weighted by Gasteiger charge is -2.45. The first-order valence-electron chi connectivity index (χ1n) is 7.34. The maximum atomic E-state index is 3.69. The molecule has 0 aliphatic carbocycles. The van der Waals surface area contributed by atoms with Crippen LogP contribution in [-0.2, 0) is 0 Å². The van der Waals surface area contributed by atoms with E-state index in [0.717, 1.165) is 11.8 Å². The van der Waals surface area contributed by atoms with Crippen LogP contribution in [0.25, 0.3) is 0 Å². The molecule has 0 spiro atoms. The van der Waals surface area contributed by atoms with E-state index in [9.17, 15) is 0 Å². The number of hydrogen-bond donors (Lipinski definition) is 1. The van der Waals surface area contributed by atoms with Crippen LogP contribution in [0.15, 0.2) is 0 Å². The van der Waals surface area contributed by atoms with E-state index in [-0.39, 0.29) is 5.54 Å².